The average Bonchev–Trinajstić information content (AvgIpc) is 3.00. The summed E-state index contributed by atoms with van der Waals surface area (Å²) in [6.07, 6.45) is 3.69. The van der Waals surface area contributed by atoms with Crippen molar-refractivity contribution in [1.29, 1.82) is 0 Å². The first-order chi connectivity index (χ1) is 15.0. The molecule has 1 spiro atoms. The number of oxime groups is 1. The molecule has 5 fully saturated rings. The molecule has 0 aromatic carbocycles. The van der Waals surface area contributed by atoms with Crippen molar-refractivity contribution in [2.75, 3.05) is 7.05 Å². The van der Waals surface area contributed by atoms with E-state index in [1.807, 2.05) is 7.05 Å². The Balaban J connectivity index is 1.64. The first-order valence-electron chi connectivity index (χ1n) is 12.6. The van der Waals surface area contributed by atoms with Crippen LogP contribution in [-0.4, -0.2) is 58.9 Å². The summed E-state index contributed by atoms with van der Waals surface area (Å²) in [5.74, 6) is 0.711. The fraction of sp³-hybridized carbons (Fsp3) is 0.920. The monoisotopic (exact) mass is 447 g/mol. The molecule has 2 heterocycles. The van der Waals surface area contributed by atoms with E-state index in [9.17, 15) is 15.1 Å². The van der Waals surface area contributed by atoms with Gasteiger partial charge in [-0.3, -0.25) is 4.79 Å². The number of carbonyl (C=O) groups excluding carboxylic acids is 1. The standard InChI is InChI=1S/C25H41N3O4/c1-12-7-8-18-23(3,4)21(28-31)16(26-6)11-25(18)24(12,5)10-15-17(29)9-14-19(20(15)32-25)13(2)27-22(14)30/h12-20,26,29,31H,7-11H2,1-6H3,(H,27,30). The van der Waals surface area contributed by atoms with Crippen molar-refractivity contribution in [3.8, 4) is 0 Å². The molecule has 32 heavy (non-hydrogen) atoms. The molecule has 2 aliphatic heterocycles. The number of hydrogen-bond acceptors (Lipinski definition) is 6. The minimum absolute atomic E-state index is 0.0484. The number of amides is 1. The molecule has 0 aromatic rings. The van der Waals surface area contributed by atoms with E-state index in [0.29, 0.717) is 12.3 Å². The van der Waals surface area contributed by atoms with E-state index in [2.05, 4.69) is 50.4 Å². The van der Waals surface area contributed by atoms with Gasteiger partial charge in [-0.2, -0.15) is 0 Å². The number of rotatable bonds is 1. The topological polar surface area (TPSA) is 103 Å². The highest BCUT2D eigenvalue weighted by Crippen LogP contribution is 2.68. The second kappa shape index (κ2) is 7.16. The summed E-state index contributed by atoms with van der Waals surface area (Å²) >= 11 is 0. The van der Waals surface area contributed by atoms with Crippen molar-refractivity contribution in [3.05, 3.63) is 0 Å². The van der Waals surface area contributed by atoms with E-state index in [4.69, 9.17) is 4.74 Å². The Morgan fingerprint density at radius 2 is 1.91 bits per heavy atom. The molecule has 2 saturated heterocycles. The van der Waals surface area contributed by atoms with Crippen LogP contribution in [0, 0.1) is 40.4 Å². The van der Waals surface area contributed by atoms with E-state index < -0.39 is 11.7 Å². The summed E-state index contributed by atoms with van der Waals surface area (Å²) in [7, 11) is 1.93. The third kappa shape index (κ3) is 2.65. The van der Waals surface area contributed by atoms with Gasteiger partial charge in [0.05, 0.1) is 29.6 Å². The maximum Gasteiger partial charge on any atom is 0.223 e. The van der Waals surface area contributed by atoms with E-state index in [1.54, 1.807) is 0 Å². The summed E-state index contributed by atoms with van der Waals surface area (Å²) in [6.45, 7) is 11.2. The zero-order valence-electron chi connectivity index (χ0n) is 20.4. The Labute approximate surface area is 191 Å². The van der Waals surface area contributed by atoms with Gasteiger partial charge in [-0.05, 0) is 63.3 Å². The number of ether oxygens (including phenoxy) is 1. The lowest BCUT2D eigenvalue weighted by atomic mass is 9.41. The fourth-order valence-corrected chi connectivity index (χ4v) is 9.02. The molecule has 0 radical (unpaired) electrons. The van der Waals surface area contributed by atoms with Gasteiger partial charge < -0.3 is 25.7 Å². The largest absolute Gasteiger partial charge is 0.411 e. The first-order valence-corrected chi connectivity index (χ1v) is 12.6. The van der Waals surface area contributed by atoms with E-state index in [1.165, 1.54) is 0 Å². The van der Waals surface area contributed by atoms with Gasteiger partial charge in [0.2, 0.25) is 5.91 Å². The van der Waals surface area contributed by atoms with Crippen molar-refractivity contribution in [2.45, 2.75) is 96.6 Å². The molecule has 11 atom stereocenters. The number of nitrogens with one attached hydrogen (secondary N) is 2. The maximum atomic E-state index is 12.7. The van der Waals surface area contributed by atoms with Gasteiger partial charge >= 0.3 is 0 Å². The molecular formula is C25H41N3O4. The highest BCUT2D eigenvalue weighted by atomic mass is 16.5. The average molecular weight is 448 g/mol. The van der Waals surface area contributed by atoms with E-state index in [0.717, 1.165) is 31.4 Å². The third-order valence-electron chi connectivity index (χ3n) is 10.9. The summed E-state index contributed by atoms with van der Waals surface area (Å²) < 4.78 is 7.39. The first kappa shape index (κ1) is 22.6. The van der Waals surface area contributed by atoms with E-state index in [-0.39, 0.29) is 58.6 Å². The highest BCUT2D eigenvalue weighted by Gasteiger charge is 2.71. The number of aliphatic hydroxyl groups is 1. The molecule has 180 valence electrons. The molecule has 11 unspecified atom stereocenters. The van der Waals surface area contributed by atoms with Crippen LogP contribution in [0.4, 0.5) is 0 Å². The van der Waals surface area contributed by atoms with Crippen LogP contribution in [0.5, 0.6) is 0 Å². The Morgan fingerprint density at radius 3 is 2.56 bits per heavy atom. The number of aliphatic hydroxyl groups excluding tert-OH is 1. The smallest absolute Gasteiger partial charge is 0.223 e. The van der Waals surface area contributed by atoms with E-state index >= 15 is 0 Å². The zero-order chi connectivity index (χ0) is 23.2. The number of fused-ring (bicyclic) bond motifs is 3. The van der Waals surface area contributed by atoms with Crippen LogP contribution in [-0.2, 0) is 9.53 Å². The van der Waals surface area contributed by atoms with Crippen LogP contribution in [0.1, 0.15) is 66.7 Å². The summed E-state index contributed by atoms with van der Waals surface area (Å²) in [4.78, 5) is 12.7. The second-order valence-corrected chi connectivity index (χ2v) is 12.3. The lowest BCUT2D eigenvalue weighted by Crippen LogP contribution is -2.75. The zero-order valence-corrected chi connectivity index (χ0v) is 20.4. The maximum absolute atomic E-state index is 12.7. The van der Waals surface area contributed by atoms with Gasteiger partial charge in [-0.1, -0.05) is 32.9 Å². The van der Waals surface area contributed by atoms with Crippen molar-refractivity contribution < 1.29 is 19.8 Å². The quantitative estimate of drug-likeness (QED) is 0.365. The van der Waals surface area contributed by atoms with Gasteiger partial charge in [0, 0.05) is 29.2 Å². The lowest BCUT2D eigenvalue weighted by molar-refractivity contribution is -0.321. The molecule has 3 aliphatic carbocycles. The summed E-state index contributed by atoms with van der Waals surface area (Å²) in [6, 6.07) is -0.0172. The van der Waals surface area contributed by atoms with Crippen LogP contribution in [0.2, 0.25) is 0 Å². The SMILES string of the molecule is CNC1CC23OC4C(CC2(C)C(C)CCC3C(C)(C)C1=NO)C(O)CC1C(=O)NC(C)C14. The van der Waals surface area contributed by atoms with Crippen molar-refractivity contribution in [1.82, 2.24) is 10.6 Å². The minimum atomic E-state index is -0.509. The predicted molar refractivity (Wildman–Crippen MR) is 121 cm³/mol. The lowest BCUT2D eigenvalue weighted by Gasteiger charge is -2.70. The molecule has 5 rings (SSSR count). The molecule has 4 N–H and O–H groups in total. The second-order valence-electron chi connectivity index (χ2n) is 12.3. The van der Waals surface area contributed by atoms with Crippen LogP contribution >= 0.6 is 0 Å². The summed E-state index contributed by atoms with van der Waals surface area (Å²) in [5.41, 5.74) is -0.00977. The molecule has 7 heteroatoms. The predicted octanol–water partition coefficient (Wildman–Crippen LogP) is 2.55. The molecule has 3 saturated carbocycles. The van der Waals surface area contributed by atoms with Crippen LogP contribution in [0.25, 0.3) is 0 Å². The molecule has 1 amide bonds. The Morgan fingerprint density at radius 1 is 1.19 bits per heavy atom. The highest BCUT2D eigenvalue weighted by molar-refractivity contribution is 5.95. The molecule has 0 aromatic heterocycles. The molecule has 7 nitrogen and oxygen atoms in total. The number of carbonyl (C=O) groups is 1. The van der Waals surface area contributed by atoms with Crippen LogP contribution < -0.4 is 10.6 Å². The minimum Gasteiger partial charge on any atom is -0.411 e. The number of nitrogens with zero attached hydrogens (tertiary/aromatic N) is 1. The Hall–Kier alpha value is -1.18. The summed E-state index contributed by atoms with van der Waals surface area (Å²) in [5, 5.41) is 31.5. The third-order valence-corrected chi connectivity index (χ3v) is 10.9. The number of hydrogen-bond donors (Lipinski definition) is 4. The molecule has 5 aliphatic rings. The van der Waals surface area contributed by atoms with Gasteiger partial charge in [-0.25, -0.2) is 0 Å². The van der Waals surface area contributed by atoms with Gasteiger partial charge in [0.15, 0.2) is 0 Å². The van der Waals surface area contributed by atoms with Crippen molar-refractivity contribution >= 4 is 11.6 Å². The van der Waals surface area contributed by atoms with Crippen molar-refractivity contribution in [3.63, 3.8) is 0 Å². The fourth-order valence-electron chi connectivity index (χ4n) is 9.02. The van der Waals surface area contributed by atoms with Gasteiger partial charge in [0.1, 0.15) is 0 Å². The Kier molecular flexibility index (Phi) is 5.06. The van der Waals surface area contributed by atoms with Crippen LogP contribution in [0.15, 0.2) is 5.16 Å². The van der Waals surface area contributed by atoms with Gasteiger partial charge in [0.25, 0.3) is 0 Å². The normalized spacial score (nSPS) is 55.4. The van der Waals surface area contributed by atoms with Crippen LogP contribution in [0.3, 0.4) is 0 Å². The van der Waals surface area contributed by atoms with Gasteiger partial charge in [-0.15, -0.1) is 0 Å². The molecule has 0 bridgehead atoms. The Bertz CT molecular complexity index is 830. The van der Waals surface area contributed by atoms with Crippen molar-refractivity contribution in [2.24, 2.45) is 45.6 Å². The molecular weight excluding hydrogens is 406 g/mol.